The topological polar surface area (TPSA) is 75.4 Å². The first-order chi connectivity index (χ1) is 11.6. The molecule has 0 aromatic heterocycles. The average molecular weight is 323 g/mol. The largest absolute Gasteiger partial charge is 0.366 e. The van der Waals surface area contributed by atoms with Gasteiger partial charge in [0.1, 0.15) is 0 Å². The Morgan fingerprint density at radius 2 is 1.96 bits per heavy atom. The number of rotatable bonds is 4. The third-order valence-corrected chi connectivity index (χ3v) is 4.32. The van der Waals surface area contributed by atoms with E-state index in [1.807, 2.05) is 36.4 Å². The van der Waals surface area contributed by atoms with E-state index in [0.29, 0.717) is 25.1 Å². The van der Waals surface area contributed by atoms with Crippen LogP contribution in [0.4, 0.5) is 0 Å². The van der Waals surface area contributed by atoms with Crippen LogP contribution in [0.5, 0.6) is 0 Å². The van der Waals surface area contributed by atoms with E-state index in [-0.39, 0.29) is 11.9 Å². The molecule has 1 aliphatic heterocycles. The van der Waals surface area contributed by atoms with Crippen LogP contribution in [0.1, 0.15) is 33.9 Å². The fourth-order valence-corrected chi connectivity index (χ4v) is 3.12. The van der Waals surface area contributed by atoms with Crippen molar-refractivity contribution in [1.82, 2.24) is 10.2 Å². The summed E-state index contributed by atoms with van der Waals surface area (Å²) in [6.07, 6.45) is 0.430. The van der Waals surface area contributed by atoms with Crippen molar-refractivity contribution in [2.75, 3.05) is 13.1 Å². The molecule has 1 fully saturated rings. The molecule has 1 atom stereocenters. The average Bonchev–Trinajstić information content (AvgIpc) is 2.77. The first-order valence-corrected chi connectivity index (χ1v) is 8.08. The normalized spacial score (nSPS) is 18.7. The number of amides is 2. The molecule has 0 aliphatic carbocycles. The lowest BCUT2D eigenvalue weighted by Crippen LogP contribution is -2.30. The van der Waals surface area contributed by atoms with Gasteiger partial charge in [-0.3, -0.25) is 14.5 Å². The predicted octanol–water partition coefficient (Wildman–Crippen LogP) is 1.85. The maximum Gasteiger partial charge on any atom is 0.248 e. The summed E-state index contributed by atoms with van der Waals surface area (Å²) in [6.45, 7) is 2.04. The van der Waals surface area contributed by atoms with Gasteiger partial charge in [0.2, 0.25) is 11.8 Å². The van der Waals surface area contributed by atoms with Crippen LogP contribution in [0.2, 0.25) is 0 Å². The van der Waals surface area contributed by atoms with Crippen LogP contribution in [0, 0.1) is 0 Å². The highest BCUT2D eigenvalue weighted by Gasteiger charge is 2.26. The van der Waals surface area contributed by atoms with Gasteiger partial charge in [0.15, 0.2) is 0 Å². The van der Waals surface area contributed by atoms with E-state index in [0.717, 1.165) is 17.7 Å². The molecule has 2 aromatic rings. The Kier molecular flexibility index (Phi) is 4.91. The summed E-state index contributed by atoms with van der Waals surface area (Å²) in [7, 11) is 0. The second kappa shape index (κ2) is 7.27. The minimum absolute atomic E-state index is 0.0194. The lowest BCUT2D eigenvalue weighted by Gasteiger charge is -2.29. The van der Waals surface area contributed by atoms with E-state index in [9.17, 15) is 9.59 Å². The maximum absolute atomic E-state index is 12.0. The molecule has 5 heteroatoms. The monoisotopic (exact) mass is 323 g/mol. The molecule has 3 N–H and O–H groups in total. The van der Waals surface area contributed by atoms with Gasteiger partial charge in [-0.1, -0.05) is 42.5 Å². The Morgan fingerprint density at radius 3 is 2.71 bits per heavy atom. The molecule has 1 unspecified atom stereocenters. The molecule has 0 spiro atoms. The molecule has 2 amide bonds. The van der Waals surface area contributed by atoms with Crippen LogP contribution >= 0.6 is 0 Å². The highest BCUT2D eigenvalue weighted by Crippen LogP contribution is 2.27. The molecule has 124 valence electrons. The molecule has 0 radical (unpaired) electrons. The summed E-state index contributed by atoms with van der Waals surface area (Å²) in [5.41, 5.74) is 8.02. The zero-order valence-corrected chi connectivity index (χ0v) is 13.4. The van der Waals surface area contributed by atoms with E-state index in [1.54, 1.807) is 6.07 Å². The summed E-state index contributed by atoms with van der Waals surface area (Å²) >= 11 is 0. The van der Waals surface area contributed by atoms with Crippen molar-refractivity contribution in [3.63, 3.8) is 0 Å². The summed E-state index contributed by atoms with van der Waals surface area (Å²) in [5, 5.41) is 2.93. The number of carbonyl (C=O) groups excluding carboxylic acids is 2. The van der Waals surface area contributed by atoms with E-state index >= 15 is 0 Å². The van der Waals surface area contributed by atoms with Crippen LogP contribution in [-0.2, 0) is 11.3 Å². The van der Waals surface area contributed by atoms with Crippen molar-refractivity contribution in [1.29, 1.82) is 0 Å². The van der Waals surface area contributed by atoms with Crippen molar-refractivity contribution in [3.8, 4) is 0 Å². The number of carbonyl (C=O) groups is 2. The fraction of sp³-hybridized carbons (Fsp3) is 0.263. The van der Waals surface area contributed by atoms with Crippen LogP contribution in [0.25, 0.3) is 0 Å². The van der Waals surface area contributed by atoms with E-state index < -0.39 is 5.91 Å². The predicted molar refractivity (Wildman–Crippen MR) is 92.2 cm³/mol. The molecule has 5 nitrogen and oxygen atoms in total. The van der Waals surface area contributed by atoms with Gasteiger partial charge in [0.05, 0.1) is 0 Å². The Bertz CT molecular complexity index is 730. The number of hydrogen-bond acceptors (Lipinski definition) is 3. The molecule has 1 saturated heterocycles. The van der Waals surface area contributed by atoms with Crippen LogP contribution in [0.3, 0.4) is 0 Å². The van der Waals surface area contributed by atoms with Crippen molar-refractivity contribution in [2.24, 2.45) is 5.73 Å². The summed E-state index contributed by atoms with van der Waals surface area (Å²) in [5.74, 6) is -0.360. The maximum atomic E-state index is 12.0. The van der Waals surface area contributed by atoms with Gasteiger partial charge >= 0.3 is 0 Å². The minimum atomic E-state index is -0.427. The number of nitrogens with two attached hydrogens (primary N) is 1. The number of hydrogen-bond donors (Lipinski definition) is 2. The van der Waals surface area contributed by atoms with Crippen LogP contribution < -0.4 is 11.1 Å². The number of primary amides is 1. The SMILES string of the molecule is NC(=O)c1cccc(CN2CCNC(=O)CC2c2ccccc2)c1. The van der Waals surface area contributed by atoms with Crippen molar-refractivity contribution in [2.45, 2.75) is 19.0 Å². The molecule has 0 saturated carbocycles. The van der Waals surface area contributed by atoms with Gasteiger partial charge in [-0.25, -0.2) is 0 Å². The Labute approximate surface area is 141 Å². The molecule has 24 heavy (non-hydrogen) atoms. The molecule has 1 aliphatic rings. The molecular formula is C19H21N3O2. The lowest BCUT2D eigenvalue weighted by atomic mass is 10.0. The highest BCUT2D eigenvalue weighted by atomic mass is 16.2. The highest BCUT2D eigenvalue weighted by molar-refractivity contribution is 5.92. The summed E-state index contributed by atoms with van der Waals surface area (Å²) in [6, 6.07) is 17.4. The van der Waals surface area contributed by atoms with E-state index in [2.05, 4.69) is 22.3 Å². The third-order valence-electron chi connectivity index (χ3n) is 4.32. The van der Waals surface area contributed by atoms with E-state index in [4.69, 9.17) is 5.73 Å². The van der Waals surface area contributed by atoms with Gasteiger partial charge < -0.3 is 11.1 Å². The lowest BCUT2D eigenvalue weighted by molar-refractivity contribution is -0.121. The van der Waals surface area contributed by atoms with Crippen molar-refractivity contribution in [3.05, 3.63) is 71.3 Å². The number of nitrogens with zero attached hydrogens (tertiary/aromatic N) is 1. The zero-order valence-electron chi connectivity index (χ0n) is 13.4. The number of nitrogens with one attached hydrogen (secondary N) is 1. The van der Waals surface area contributed by atoms with Gasteiger partial charge in [-0.15, -0.1) is 0 Å². The molecular weight excluding hydrogens is 302 g/mol. The second-order valence-corrected chi connectivity index (χ2v) is 6.02. The molecule has 0 bridgehead atoms. The summed E-state index contributed by atoms with van der Waals surface area (Å²) < 4.78 is 0. The Balaban J connectivity index is 1.86. The molecule has 2 aromatic carbocycles. The van der Waals surface area contributed by atoms with Crippen molar-refractivity contribution >= 4 is 11.8 Å². The zero-order chi connectivity index (χ0) is 16.9. The van der Waals surface area contributed by atoms with Crippen molar-refractivity contribution < 1.29 is 9.59 Å². The van der Waals surface area contributed by atoms with Gasteiger partial charge in [-0.2, -0.15) is 0 Å². The first-order valence-electron chi connectivity index (χ1n) is 8.08. The minimum Gasteiger partial charge on any atom is -0.366 e. The second-order valence-electron chi connectivity index (χ2n) is 6.02. The van der Waals surface area contributed by atoms with Crippen LogP contribution in [-0.4, -0.2) is 29.8 Å². The van der Waals surface area contributed by atoms with Gasteiger partial charge in [0.25, 0.3) is 0 Å². The Hall–Kier alpha value is -2.66. The molecule has 1 heterocycles. The Morgan fingerprint density at radius 1 is 1.17 bits per heavy atom. The molecule has 3 rings (SSSR count). The van der Waals surface area contributed by atoms with Gasteiger partial charge in [0, 0.05) is 37.7 Å². The first kappa shape index (κ1) is 16.2. The third kappa shape index (κ3) is 3.81. The quantitative estimate of drug-likeness (QED) is 0.901. The van der Waals surface area contributed by atoms with Gasteiger partial charge in [-0.05, 0) is 23.3 Å². The fourth-order valence-electron chi connectivity index (χ4n) is 3.12. The number of benzene rings is 2. The van der Waals surface area contributed by atoms with Crippen LogP contribution in [0.15, 0.2) is 54.6 Å². The smallest absolute Gasteiger partial charge is 0.248 e. The standard InChI is InChI=1S/C19H21N3O2/c20-19(24)16-8-4-5-14(11-16)13-22-10-9-21-18(23)12-17(22)15-6-2-1-3-7-15/h1-8,11,17H,9-10,12-13H2,(H2,20,24)(H,21,23). The van der Waals surface area contributed by atoms with E-state index in [1.165, 1.54) is 0 Å². The summed E-state index contributed by atoms with van der Waals surface area (Å²) in [4.78, 5) is 25.7.